The van der Waals surface area contributed by atoms with E-state index in [0.29, 0.717) is 33.1 Å². The van der Waals surface area contributed by atoms with Crippen LogP contribution >= 0.6 is 23.2 Å². The van der Waals surface area contributed by atoms with E-state index < -0.39 is 35.3 Å². The summed E-state index contributed by atoms with van der Waals surface area (Å²) in [4.78, 5) is 25.3. The SMILES string of the molecule is O=C(O)c1ccc2c3n(nc2c1)[C@@H]1[C@H](CO3)N[C@@]2(C(=O)Nc3cc(Cl)ccc32)[C@H]1c1cccc(Cl)c1F. The van der Waals surface area contributed by atoms with Gasteiger partial charge in [0.15, 0.2) is 0 Å². The van der Waals surface area contributed by atoms with Crippen LogP contribution in [0, 0.1) is 5.82 Å². The Balaban J connectivity index is 1.50. The first-order chi connectivity index (χ1) is 17.8. The molecule has 7 rings (SSSR count). The zero-order valence-corrected chi connectivity index (χ0v) is 20.3. The van der Waals surface area contributed by atoms with E-state index in [2.05, 4.69) is 10.6 Å². The Labute approximate surface area is 218 Å². The van der Waals surface area contributed by atoms with Crippen molar-refractivity contribution in [3.8, 4) is 5.88 Å². The van der Waals surface area contributed by atoms with Crippen LogP contribution < -0.4 is 15.4 Å². The van der Waals surface area contributed by atoms with Gasteiger partial charge in [0.2, 0.25) is 11.8 Å². The number of carbonyl (C=O) groups is 2. The highest BCUT2D eigenvalue weighted by molar-refractivity contribution is 6.31. The van der Waals surface area contributed by atoms with Gasteiger partial charge in [0.05, 0.1) is 33.6 Å². The molecule has 4 aromatic rings. The molecule has 3 aliphatic heterocycles. The third-order valence-electron chi connectivity index (χ3n) is 7.54. The smallest absolute Gasteiger partial charge is 0.335 e. The molecule has 1 saturated heterocycles. The summed E-state index contributed by atoms with van der Waals surface area (Å²) in [6, 6.07) is 13.4. The van der Waals surface area contributed by atoms with E-state index in [-0.39, 0.29) is 28.7 Å². The standard InChI is InChI=1S/C26H17Cl2FN4O4/c27-12-5-7-15-18(9-12)30-25(36)26(15)20(14-2-1-3-16(28)21(14)29)22-19(31-26)10-37-23-13-6-4-11(24(34)35)8-17(13)32-33(22)23/h1-9,19-20,22,31H,10H2,(H,30,36)(H,34,35)/t19-,20-,22+,26+/m0/s1. The van der Waals surface area contributed by atoms with Crippen LogP contribution in [0.2, 0.25) is 10.0 Å². The molecule has 186 valence electrons. The fourth-order valence-electron chi connectivity index (χ4n) is 6.07. The third kappa shape index (κ3) is 2.96. The molecule has 3 N–H and O–H groups in total. The first kappa shape index (κ1) is 22.5. The minimum atomic E-state index is -1.36. The van der Waals surface area contributed by atoms with Crippen molar-refractivity contribution in [3.05, 3.63) is 87.2 Å². The van der Waals surface area contributed by atoms with E-state index in [1.54, 1.807) is 41.1 Å². The van der Waals surface area contributed by atoms with Gasteiger partial charge in [-0.1, -0.05) is 41.4 Å². The number of benzene rings is 3. The van der Waals surface area contributed by atoms with Gasteiger partial charge < -0.3 is 15.2 Å². The quantitative estimate of drug-likeness (QED) is 0.341. The van der Waals surface area contributed by atoms with E-state index >= 15 is 4.39 Å². The summed E-state index contributed by atoms with van der Waals surface area (Å²) in [7, 11) is 0. The second-order valence-electron chi connectivity index (χ2n) is 9.41. The van der Waals surface area contributed by atoms with Crippen LogP contribution in [0.15, 0.2) is 54.6 Å². The molecule has 0 unspecified atom stereocenters. The molecule has 11 heteroatoms. The lowest BCUT2D eigenvalue weighted by atomic mass is 9.74. The van der Waals surface area contributed by atoms with Crippen molar-refractivity contribution in [2.75, 3.05) is 11.9 Å². The van der Waals surface area contributed by atoms with E-state index in [0.717, 1.165) is 0 Å². The number of ether oxygens (including phenoxy) is 1. The summed E-state index contributed by atoms with van der Waals surface area (Å²) in [5, 5.41) is 21.5. The first-order valence-corrected chi connectivity index (χ1v) is 12.3. The summed E-state index contributed by atoms with van der Waals surface area (Å²) in [6.45, 7) is 0.183. The second kappa shape index (κ2) is 7.67. The summed E-state index contributed by atoms with van der Waals surface area (Å²) < 4.78 is 23.4. The average Bonchev–Trinajstić information content (AvgIpc) is 3.49. The van der Waals surface area contributed by atoms with Crippen molar-refractivity contribution >= 4 is 51.7 Å². The van der Waals surface area contributed by atoms with Crippen molar-refractivity contribution in [1.82, 2.24) is 15.1 Å². The Kier molecular flexibility index (Phi) is 4.67. The molecular formula is C26H17Cl2FN4O4. The summed E-state index contributed by atoms with van der Waals surface area (Å²) in [5.74, 6) is -2.41. The van der Waals surface area contributed by atoms with Gasteiger partial charge in [0.25, 0.3) is 0 Å². The van der Waals surface area contributed by atoms with Crippen LogP contribution in [0.5, 0.6) is 5.88 Å². The van der Waals surface area contributed by atoms with Crippen LogP contribution in [-0.4, -0.2) is 39.4 Å². The maximum absolute atomic E-state index is 15.7. The third-order valence-corrected chi connectivity index (χ3v) is 8.07. The molecule has 1 aromatic heterocycles. The number of nitrogens with zero attached hydrogens (tertiary/aromatic N) is 2. The van der Waals surface area contributed by atoms with Crippen LogP contribution in [0.25, 0.3) is 10.9 Å². The number of aromatic nitrogens is 2. The Bertz CT molecular complexity index is 1670. The Morgan fingerprint density at radius 2 is 2.03 bits per heavy atom. The van der Waals surface area contributed by atoms with Crippen molar-refractivity contribution in [3.63, 3.8) is 0 Å². The van der Waals surface area contributed by atoms with E-state index in [1.807, 2.05) is 0 Å². The van der Waals surface area contributed by atoms with Crippen molar-refractivity contribution in [1.29, 1.82) is 0 Å². The Morgan fingerprint density at radius 3 is 2.84 bits per heavy atom. The van der Waals surface area contributed by atoms with Gasteiger partial charge in [0.1, 0.15) is 18.0 Å². The van der Waals surface area contributed by atoms with Crippen LogP contribution in [0.4, 0.5) is 10.1 Å². The summed E-state index contributed by atoms with van der Waals surface area (Å²) in [6.07, 6.45) is 0. The molecule has 1 fully saturated rings. The molecule has 4 heterocycles. The van der Waals surface area contributed by atoms with Crippen molar-refractivity contribution < 1.29 is 23.8 Å². The maximum atomic E-state index is 15.7. The molecule has 1 spiro atoms. The molecule has 3 aromatic carbocycles. The second-order valence-corrected chi connectivity index (χ2v) is 10.3. The van der Waals surface area contributed by atoms with Crippen molar-refractivity contribution in [2.24, 2.45) is 0 Å². The van der Waals surface area contributed by atoms with E-state index in [4.69, 9.17) is 33.0 Å². The number of hydrogen-bond acceptors (Lipinski definition) is 5. The number of nitrogens with one attached hydrogen (secondary N) is 2. The normalized spacial score (nSPS) is 25.5. The highest BCUT2D eigenvalue weighted by atomic mass is 35.5. The summed E-state index contributed by atoms with van der Waals surface area (Å²) >= 11 is 12.4. The lowest BCUT2D eigenvalue weighted by molar-refractivity contribution is -0.122. The average molecular weight is 539 g/mol. The maximum Gasteiger partial charge on any atom is 0.335 e. The molecule has 8 nitrogen and oxygen atoms in total. The number of halogens is 3. The first-order valence-electron chi connectivity index (χ1n) is 11.5. The number of anilines is 1. The van der Waals surface area contributed by atoms with Gasteiger partial charge in [-0.15, -0.1) is 0 Å². The zero-order chi connectivity index (χ0) is 25.6. The van der Waals surface area contributed by atoms with Gasteiger partial charge in [-0.05, 0) is 42.0 Å². The number of carboxylic acids is 1. The number of rotatable bonds is 2. The lowest BCUT2D eigenvalue weighted by Gasteiger charge is -2.33. The number of aromatic carboxylic acids is 1. The number of amides is 1. The number of hydrogen-bond donors (Lipinski definition) is 3. The van der Waals surface area contributed by atoms with Crippen LogP contribution in [0.3, 0.4) is 0 Å². The molecule has 0 bridgehead atoms. The van der Waals surface area contributed by atoms with Crippen LogP contribution in [-0.2, 0) is 10.3 Å². The van der Waals surface area contributed by atoms with Gasteiger partial charge >= 0.3 is 5.97 Å². The van der Waals surface area contributed by atoms with E-state index in [1.165, 1.54) is 18.2 Å². The molecule has 3 aliphatic rings. The minimum absolute atomic E-state index is 0.0603. The molecule has 0 radical (unpaired) electrons. The highest BCUT2D eigenvalue weighted by Crippen LogP contribution is 2.58. The van der Waals surface area contributed by atoms with Crippen LogP contribution in [0.1, 0.15) is 33.4 Å². The van der Waals surface area contributed by atoms with Gasteiger partial charge in [-0.2, -0.15) is 5.10 Å². The molecule has 4 atom stereocenters. The molecule has 37 heavy (non-hydrogen) atoms. The Morgan fingerprint density at radius 1 is 1.19 bits per heavy atom. The molecule has 1 amide bonds. The zero-order valence-electron chi connectivity index (χ0n) is 18.8. The van der Waals surface area contributed by atoms with Crippen molar-refractivity contribution in [2.45, 2.75) is 23.5 Å². The van der Waals surface area contributed by atoms with Gasteiger partial charge in [0, 0.05) is 22.2 Å². The molecular weight excluding hydrogens is 522 g/mol. The number of carboxylic acid groups (broad SMARTS) is 1. The van der Waals surface area contributed by atoms with E-state index in [9.17, 15) is 14.7 Å². The monoisotopic (exact) mass is 538 g/mol. The molecule has 0 saturated carbocycles. The highest BCUT2D eigenvalue weighted by Gasteiger charge is 2.65. The van der Waals surface area contributed by atoms with Gasteiger partial charge in [-0.3, -0.25) is 10.1 Å². The lowest BCUT2D eigenvalue weighted by Crippen LogP contribution is -2.50. The topological polar surface area (TPSA) is 105 Å². The molecule has 0 aliphatic carbocycles. The van der Waals surface area contributed by atoms with Gasteiger partial charge in [-0.25, -0.2) is 13.9 Å². The predicted molar refractivity (Wildman–Crippen MR) is 134 cm³/mol. The number of carbonyl (C=O) groups excluding carboxylic acids is 1. The largest absolute Gasteiger partial charge is 0.478 e. The fraction of sp³-hybridized carbons (Fsp3) is 0.192. The fourth-order valence-corrected chi connectivity index (χ4v) is 6.43. The number of fused-ring (bicyclic) bond motifs is 7. The predicted octanol–water partition coefficient (Wildman–Crippen LogP) is 4.72. The minimum Gasteiger partial charge on any atom is -0.478 e. The summed E-state index contributed by atoms with van der Waals surface area (Å²) in [5.41, 5.74) is 0.560. The Hall–Kier alpha value is -3.66.